The number of imide groups is 1. The molecule has 0 bridgehead atoms. The van der Waals surface area contributed by atoms with Crippen LogP contribution >= 0.6 is 0 Å². The summed E-state index contributed by atoms with van der Waals surface area (Å²) >= 11 is 0. The van der Waals surface area contributed by atoms with Crippen molar-refractivity contribution in [3.63, 3.8) is 0 Å². The monoisotopic (exact) mass is 515 g/mol. The van der Waals surface area contributed by atoms with Gasteiger partial charge in [-0.25, -0.2) is 9.96 Å². The predicted octanol–water partition coefficient (Wildman–Crippen LogP) is 5.61. The summed E-state index contributed by atoms with van der Waals surface area (Å²) in [7, 11) is 0. The lowest BCUT2D eigenvalue weighted by Crippen LogP contribution is -2.37. The van der Waals surface area contributed by atoms with Crippen LogP contribution in [0, 0.1) is 16.0 Å². The number of hydrogen-bond acceptors (Lipinski definition) is 7. The first-order chi connectivity index (χ1) is 18.5. The number of amides is 2. The van der Waals surface area contributed by atoms with Crippen molar-refractivity contribution in [2.24, 2.45) is 5.92 Å². The van der Waals surface area contributed by atoms with E-state index in [1.165, 1.54) is 23.6 Å². The fraction of sp³-hybridized carbons (Fsp3) is 0.310. The molecule has 2 aliphatic heterocycles. The van der Waals surface area contributed by atoms with Crippen LogP contribution in [0.25, 0.3) is 0 Å². The van der Waals surface area contributed by atoms with Crippen molar-refractivity contribution in [3.05, 3.63) is 94.5 Å². The lowest BCUT2D eigenvalue weighted by molar-refractivity contribution is -0.384. The van der Waals surface area contributed by atoms with Crippen LogP contribution in [0.5, 0.6) is 5.75 Å². The normalized spacial score (nSPS) is 20.6. The molecule has 2 aliphatic rings. The lowest BCUT2D eigenvalue weighted by Gasteiger charge is -2.28. The number of nitrogens with zero attached hydrogens (tertiary/aromatic N) is 3. The Balaban J connectivity index is 1.41. The van der Waals surface area contributed by atoms with Crippen LogP contribution in [0.2, 0.25) is 0 Å². The van der Waals surface area contributed by atoms with Gasteiger partial charge in [-0.3, -0.25) is 24.5 Å². The van der Waals surface area contributed by atoms with Crippen LogP contribution in [-0.2, 0) is 14.4 Å². The van der Waals surface area contributed by atoms with E-state index in [2.05, 4.69) is 6.92 Å². The number of rotatable bonds is 10. The third-order valence-electron chi connectivity index (χ3n) is 6.91. The average molecular weight is 516 g/mol. The van der Waals surface area contributed by atoms with Crippen molar-refractivity contribution in [1.82, 2.24) is 0 Å². The summed E-state index contributed by atoms with van der Waals surface area (Å²) in [5.41, 5.74) is 1.50. The Labute approximate surface area is 220 Å². The molecule has 2 amide bonds. The van der Waals surface area contributed by atoms with Crippen LogP contribution in [0.15, 0.2) is 78.9 Å². The Morgan fingerprint density at radius 3 is 2.37 bits per heavy atom. The second-order valence-corrected chi connectivity index (χ2v) is 9.42. The molecule has 2 heterocycles. The maximum atomic E-state index is 13.8. The van der Waals surface area contributed by atoms with Gasteiger partial charge in [0.15, 0.2) is 6.10 Å². The van der Waals surface area contributed by atoms with Crippen molar-refractivity contribution in [3.8, 4) is 5.75 Å². The Hall–Kier alpha value is -4.24. The highest BCUT2D eigenvalue weighted by atomic mass is 16.7. The topological polar surface area (TPSA) is 102 Å². The Kier molecular flexibility index (Phi) is 7.37. The molecule has 38 heavy (non-hydrogen) atoms. The molecule has 0 spiro atoms. The zero-order chi connectivity index (χ0) is 26.6. The van der Waals surface area contributed by atoms with Crippen molar-refractivity contribution < 1.29 is 24.1 Å². The van der Waals surface area contributed by atoms with Crippen LogP contribution in [0.1, 0.15) is 44.2 Å². The number of nitro groups is 1. The fourth-order valence-corrected chi connectivity index (χ4v) is 5.04. The van der Waals surface area contributed by atoms with Crippen molar-refractivity contribution in [2.45, 2.75) is 44.8 Å². The molecule has 0 aromatic heterocycles. The molecule has 3 aromatic rings. The number of carbonyl (C=O) groups excluding carboxylic acids is 2. The zero-order valence-electron chi connectivity index (χ0n) is 21.1. The van der Waals surface area contributed by atoms with Crippen molar-refractivity contribution in [1.29, 1.82) is 0 Å². The molecule has 0 N–H and O–H groups in total. The highest BCUT2D eigenvalue weighted by Crippen LogP contribution is 2.48. The molecule has 196 valence electrons. The summed E-state index contributed by atoms with van der Waals surface area (Å²) < 4.78 is 5.79. The Morgan fingerprint density at radius 1 is 0.895 bits per heavy atom. The lowest BCUT2D eigenvalue weighted by atomic mass is 9.90. The Morgan fingerprint density at radius 2 is 1.66 bits per heavy atom. The number of para-hydroxylation sites is 1. The predicted molar refractivity (Wildman–Crippen MR) is 142 cm³/mol. The van der Waals surface area contributed by atoms with Gasteiger partial charge < -0.3 is 4.74 Å². The summed E-state index contributed by atoms with van der Waals surface area (Å²) in [5, 5.41) is 13.0. The molecule has 3 aromatic carbocycles. The summed E-state index contributed by atoms with van der Waals surface area (Å²) in [6.07, 6.45) is 3.35. The first-order valence-corrected chi connectivity index (χ1v) is 12.9. The van der Waals surface area contributed by atoms with Gasteiger partial charge in [-0.15, -0.1) is 0 Å². The quantitative estimate of drug-likeness (QED) is 0.150. The van der Waals surface area contributed by atoms with Gasteiger partial charge in [0, 0.05) is 12.1 Å². The molecular weight excluding hydrogens is 486 g/mol. The first-order valence-electron chi connectivity index (χ1n) is 12.9. The number of benzene rings is 3. The maximum absolute atomic E-state index is 13.8. The number of non-ortho nitro benzene ring substituents is 1. The molecule has 2 fully saturated rings. The van der Waals surface area contributed by atoms with Gasteiger partial charge in [0.2, 0.25) is 5.91 Å². The minimum Gasteiger partial charge on any atom is -0.494 e. The number of hydroxylamine groups is 1. The molecule has 0 aliphatic carbocycles. The molecule has 0 unspecified atom stereocenters. The smallest absolute Gasteiger partial charge is 0.269 e. The van der Waals surface area contributed by atoms with Gasteiger partial charge in [-0.2, -0.15) is 0 Å². The summed E-state index contributed by atoms with van der Waals surface area (Å²) in [4.78, 5) is 45.5. The molecule has 9 nitrogen and oxygen atoms in total. The van der Waals surface area contributed by atoms with E-state index >= 15 is 0 Å². The third kappa shape index (κ3) is 4.84. The van der Waals surface area contributed by atoms with Gasteiger partial charge in [0.1, 0.15) is 11.7 Å². The van der Waals surface area contributed by atoms with E-state index < -0.39 is 34.8 Å². The van der Waals surface area contributed by atoms with E-state index in [9.17, 15) is 19.7 Å². The van der Waals surface area contributed by atoms with E-state index in [-0.39, 0.29) is 5.69 Å². The largest absolute Gasteiger partial charge is 0.494 e. The van der Waals surface area contributed by atoms with Crippen LogP contribution in [0.3, 0.4) is 0 Å². The standard InChI is InChI=1S/C29H29N3O6/c1-2-3-4-8-18-37-24-16-14-21(15-17-24)30-28(33)25-26(20-10-9-13-23(19-20)32(35)36)31(38-27(25)29(30)34)22-11-6-5-7-12-22/h5-7,9-17,19,25-27H,2-4,8,18H2,1H3/t25-,26-,27+/m1/s1. The highest BCUT2D eigenvalue weighted by Gasteiger charge is 2.60. The number of anilines is 2. The van der Waals surface area contributed by atoms with Crippen LogP contribution in [-0.4, -0.2) is 29.4 Å². The van der Waals surface area contributed by atoms with Gasteiger partial charge in [0.25, 0.3) is 11.6 Å². The van der Waals surface area contributed by atoms with Crippen LogP contribution in [0.4, 0.5) is 17.1 Å². The second-order valence-electron chi connectivity index (χ2n) is 9.42. The number of unbranched alkanes of at least 4 members (excludes halogenated alkanes) is 3. The number of hydrogen-bond donors (Lipinski definition) is 0. The third-order valence-corrected chi connectivity index (χ3v) is 6.91. The number of carbonyl (C=O) groups is 2. The maximum Gasteiger partial charge on any atom is 0.269 e. The molecule has 5 rings (SSSR count). The molecule has 3 atom stereocenters. The zero-order valence-corrected chi connectivity index (χ0v) is 21.1. The molecular formula is C29H29N3O6. The minimum absolute atomic E-state index is 0.0992. The van der Waals surface area contributed by atoms with Crippen molar-refractivity contribution in [2.75, 3.05) is 16.6 Å². The Bertz CT molecular complexity index is 1310. The van der Waals surface area contributed by atoms with Crippen LogP contribution < -0.4 is 14.7 Å². The SMILES string of the molecule is CCCCCCOc1ccc(N2C(=O)[C@H]3[C@H](ON(c4ccccc4)[C@@H]3c3cccc([N+](=O)[O-])c3)C2=O)cc1. The number of nitro benzene ring substituents is 1. The van der Waals surface area contributed by atoms with Gasteiger partial charge >= 0.3 is 0 Å². The van der Waals surface area contributed by atoms with Crippen molar-refractivity contribution >= 4 is 28.9 Å². The van der Waals surface area contributed by atoms with E-state index in [0.29, 0.717) is 29.3 Å². The van der Waals surface area contributed by atoms with E-state index in [1.807, 2.05) is 18.2 Å². The molecule has 2 saturated heterocycles. The molecule has 0 radical (unpaired) electrons. The van der Waals surface area contributed by atoms with E-state index in [0.717, 1.165) is 24.2 Å². The van der Waals surface area contributed by atoms with E-state index in [1.54, 1.807) is 48.5 Å². The minimum atomic E-state index is -1.05. The highest BCUT2D eigenvalue weighted by molar-refractivity contribution is 6.23. The number of ether oxygens (including phenoxy) is 1. The fourth-order valence-electron chi connectivity index (χ4n) is 5.04. The van der Waals surface area contributed by atoms with E-state index in [4.69, 9.17) is 9.57 Å². The average Bonchev–Trinajstić information content (AvgIpc) is 3.45. The second kappa shape index (κ2) is 11.0. The first kappa shape index (κ1) is 25.4. The molecule has 9 heteroatoms. The summed E-state index contributed by atoms with van der Waals surface area (Å²) in [6, 6.07) is 21.4. The van der Waals surface area contributed by atoms with Gasteiger partial charge in [0.05, 0.1) is 28.9 Å². The summed E-state index contributed by atoms with van der Waals surface area (Å²) in [6.45, 7) is 2.77. The summed E-state index contributed by atoms with van der Waals surface area (Å²) in [5.74, 6) is -1.09. The molecule has 0 saturated carbocycles. The number of fused-ring (bicyclic) bond motifs is 1. The van der Waals surface area contributed by atoms with Gasteiger partial charge in [-0.05, 0) is 48.4 Å². The van der Waals surface area contributed by atoms with Gasteiger partial charge in [-0.1, -0.05) is 56.5 Å².